The Morgan fingerprint density at radius 3 is 2.64 bits per heavy atom. The normalized spacial score (nSPS) is 10.9. The summed E-state index contributed by atoms with van der Waals surface area (Å²) in [4.78, 5) is 9.93. The lowest BCUT2D eigenvalue weighted by Gasteiger charge is -2.10. The van der Waals surface area contributed by atoms with Crippen molar-refractivity contribution in [1.29, 1.82) is 0 Å². The van der Waals surface area contributed by atoms with Gasteiger partial charge in [-0.25, -0.2) is 0 Å². The van der Waals surface area contributed by atoms with Gasteiger partial charge in [0.1, 0.15) is 12.4 Å². The largest absolute Gasteiger partial charge is 0.488 e. The highest BCUT2D eigenvalue weighted by molar-refractivity contribution is 9.10. The Hall–Kier alpha value is -1.56. The lowest BCUT2D eigenvalue weighted by molar-refractivity contribution is -0.400. The van der Waals surface area contributed by atoms with Crippen LogP contribution < -0.4 is 4.74 Å². The van der Waals surface area contributed by atoms with Gasteiger partial charge in [-0.3, -0.25) is 10.1 Å². The standard InChI is InChI=1S/C15H10BrCl2NO3/c16-12-2-4-15(11(8-12)5-6-19(20)21)22-9-10-1-3-13(17)14(18)7-10/h1-8H,9H2. The summed E-state index contributed by atoms with van der Waals surface area (Å²) in [6.45, 7) is 0.276. The van der Waals surface area contributed by atoms with E-state index in [1.165, 1.54) is 6.08 Å². The molecular formula is C15H10BrCl2NO3. The zero-order valence-corrected chi connectivity index (χ0v) is 14.2. The van der Waals surface area contributed by atoms with E-state index >= 15 is 0 Å². The molecule has 2 rings (SSSR count). The second kappa shape index (κ2) is 7.63. The van der Waals surface area contributed by atoms with Crippen LogP contribution in [0.5, 0.6) is 5.75 Å². The number of ether oxygens (including phenoxy) is 1. The summed E-state index contributed by atoms with van der Waals surface area (Å²) in [5, 5.41) is 11.4. The van der Waals surface area contributed by atoms with Crippen LogP contribution in [0.4, 0.5) is 0 Å². The topological polar surface area (TPSA) is 52.4 Å². The molecule has 4 nitrogen and oxygen atoms in total. The van der Waals surface area contributed by atoms with Crippen molar-refractivity contribution in [2.75, 3.05) is 0 Å². The average Bonchev–Trinajstić information content (AvgIpc) is 2.47. The van der Waals surface area contributed by atoms with Crippen LogP contribution in [0.15, 0.2) is 47.1 Å². The zero-order valence-electron chi connectivity index (χ0n) is 11.1. The Bertz CT molecular complexity index is 735. The molecule has 0 saturated heterocycles. The van der Waals surface area contributed by atoms with E-state index in [9.17, 15) is 10.1 Å². The number of nitrogens with zero attached hydrogens (tertiary/aromatic N) is 1. The minimum Gasteiger partial charge on any atom is -0.488 e. The van der Waals surface area contributed by atoms with Gasteiger partial charge in [0.25, 0.3) is 0 Å². The van der Waals surface area contributed by atoms with E-state index in [4.69, 9.17) is 27.9 Å². The molecule has 0 heterocycles. The van der Waals surface area contributed by atoms with Crippen LogP contribution in [0.2, 0.25) is 10.0 Å². The molecule has 0 aromatic heterocycles. The van der Waals surface area contributed by atoms with Crippen molar-refractivity contribution in [2.45, 2.75) is 6.61 Å². The maximum atomic E-state index is 10.5. The van der Waals surface area contributed by atoms with Crippen LogP contribution in [0, 0.1) is 10.1 Å². The first kappa shape index (κ1) is 16.8. The van der Waals surface area contributed by atoms with Crippen molar-refractivity contribution in [2.24, 2.45) is 0 Å². The molecule has 0 bridgehead atoms. The Labute approximate surface area is 145 Å². The Morgan fingerprint density at radius 2 is 1.95 bits per heavy atom. The molecule has 0 aliphatic carbocycles. The molecular weight excluding hydrogens is 393 g/mol. The second-order valence-electron chi connectivity index (χ2n) is 4.32. The maximum Gasteiger partial charge on any atom is 0.235 e. The number of hydrogen-bond donors (Lipinski definition) is 0. The van der Waals surface area contributed by atoms with Gasteiger partial charge < -0.3 is 4.74 Å². The molecule has 0 aliphatic rings. The van der Waals surface area contributed by atoms with Crippen LogP contribution in [0.1, 0.15) is 11.1 Å². The molecule has 0 atom stereocenters. The fourth-order valence-electron chi connectivity index (χ4n) is 1.71. The van der Waals surface area contributed by atoms with Gasteiger partial charge in [0.05, 0.1) is 15.0 Å². The van der Waals surface area contributed by atoms with E-state index in [1.54, 1.807) is 36.4 Å². The fourth-order valence-corrected chi connectivity index (χ4v) is 2.41. The summed E-state index contributed by atoms with van der Waals surface area (Å²) in [7, 11) is 0. The number of benzene rings is 2. The summed E-state index contributed by atoms with van der Waals surface area (Å²) < 4.78 is 6.51. The SMILES string of the molecule is O=[N+]([O-])C=Cc1cc(Br)ccc1OCc1ccc(Cl)c(Cl)c1. The van der Waals surface area contributed by atoms with E-state index in [0.29, 0.717) is 21.4 Å². The molecule has 0 N–H and O–H groups in total. The van der Waals surface area contributed by atoms with Crippen LogP contribution in [0.25, 0.3) is 6.08 Å². The number of rotatable bonds is 5. The molecule has 0 unspecified atom stereocenters. The molecule has 0 amide bonds. The van der Waals surface area contributed by atoms with Crippen molar-refractivity contribution < 1.29 is 9.66 Å². The van der Waals surface area contributed by atoms with Crippen molar-refractivity contribution in [3.05, 3.63) is 78.4 Å². The van der Waals surface area contributed by atoms with Gasteiger partial charge in [0.15, 0.2) is 0 Å². The van der Waals surface area contributed by atoms with E-state index in [2.05, 4.69) is 15.9 Å². The van der Waals surface area contributed by atoms with Crippen molar-refractivity contribution in [3.63, 3.8) is 0 Å². The summed E-state index contributed by atoms with van der Waals surface area (Å²) in [5.74, 6) is 0.535. The highest BCUT2D eigenvalue weighted by Gasteiger charge is 2.05. The minimum absolute atomic E-state index is 0.276. The van der Waals surface area contributed by atoms with Crippen LogP contribution in [-0.4, -0.2) is 4.92 Å². The van der Waals surface area contributed by atoms with Gasteiger partial charge in [-0.15, -0.1) is 0 Å². The van der Waals surface area contributed by atoms with E-state index in [1.807, 2.05) is 0 Å². The molecule has 0 spiro atoms. The van der Waals surface area contributed by atoms with Gasteiger partial charge >= 0.3 is 0 Å². The minimum atomic E-state index is -0.524. The molecule has 114 valence electrons. The van der Waals surface area contributed by atoms with Crippen molar-refractivity contribution in [1.82, 2.24) is 0 Å². The van der Waals surface area contributed by atoms with Crippen molar-refractivity contribution in [3.8, 4) is 5.75 Å². The lowest BCUT2D eigenvalue weighted by Crippen LogP contribution is -1.97. The summed E-state index contributed by atoms with van der Waals surface area (Å²) in [6.07, 6.45) is 2.25. The molecule has 7 heteroatoms. The van der Waals surface area contributed by atoms with Gasteiger partial charge in [-0.2, -0.15) is 0 Å². The average molecular weight is 403 g/mol. The monoisotopic (exact) mass is 401 g/mol. The first-order chi connectivity index (χ1) is 10.5. The molecule has 0 fully saturated rings. The number of halogens is 3. The smallest absolute Gasteiger partial charge is 0.235 e. The third kappa shape index (κ3) is 4.73. The van der Waals surface area contributed by atoms with Crippen LogP contribution >= 0.6 is 39.1 Å². The first-order valence-corrected chi connectivity index (χ1v) is 7.68. The second-order valence-corrected chi connectivity index (χ2v) is 6.05. The van der Waals surface area contributed by atoms with Crippen molar-refractivity contribution >= 4 is 45.2 Å². The third-order valence-electron chi connectivity index (χ3n) is 2.73. The summed E-state index contributed by atoms with van der Waals surface area (Å²) in [6, 6.07) is 10.5. The highest BCUT2D eigenvalue weighted by atomic mass is 79.9. The van der Waals surface area contributed by atoms with Gasteiger partial charge in [0.2, 0.25) is 6.20 Å². The number of nitro groups is 1. The summed E-state index contributed by atoms with van der Waals surface area (Å²) >= 11 is 15.1. The van der Waals surface area contributed by atoms with E-state index < -0.39 is 4.92 Å². The van der Waals surface area contributed by atoms with Gasteiger partial charge in [-0.1, -0.05) is 45.2 Å². The fraction of sp³-hybridized carbons (Fsp3) is 0.0667. The van der Waals surface area contributed by atoms with Gasteiger partial charge in [0, 0.05) is 16.1 Å². The molecule has 22 heavy (non-hydrogen) atoms. The third-order valence-corrected chi connectivity index (χ3v) is 3.96. The molecule has 0 aliphatic heterocycles. The van der Waals surface area contributed by atoms with Gasteiger partial charge in [-0.05, 0) is 35.9 Å². The van der Waals surface area contributed by atoms with E-state index in [0.717, 1.165) is 16.2 Å². The lowest BCUT2D eigenvalue weighted by atomic mass is 10.2. The predicted molar refractivity (Wildman–Crippen MR) is 91.0 cm³/mol. The van der Waals surface area contributed by atoms with E-state index in [-0.39, 0.29) is 6.61 Å². The Kier molecular flexibility index (Phi) is 5.83. The molecule has 0 saturated carbocycles. The van der Waals surface area contributed by atoms with Crippen LogP contribution in [-0.2, 0) is 6.61 Å². The predicted octanol–water partition coefficient (Wildman–Crippen LogP) is 5.58. The maximum absolute atomic E-state index is 10.5. The Balaban J connectivity index is 2.18. The first-order valence-electron chi connectivity index (χ1n) is 6.13. The molecule has 2 aromatic carbocycles. The highest BCUT2D eigenvalue weighted by Crippen LogP contribution is 2.27. The Morgan fingerprint density at radius 1 is 1.18 bits per heavy atom. The quantitative estimate of drug-likeness (QED) is 0.484. The number of hydrogen-bond acceptors (Lipinski definition) is 3. The molecule has 0 radical (unpaired) electrons. The van der Waals surface area contributed by atoms with Crippen LogP contribution in [0.3, 0.4) is 0 Å². The molecule has 2 aromatic rings. The zero-order chi connectivity index (χ0) is 16.1. The summed E-state index contributed by atoms with van der Waals surface area (Å²) in [5.41, 5.74) is 1.45.